The first-order valence-corrected chi connectivity index (χ1v) is 9.36. The van der Waals surface area contributed by atoms with Crippen molar-refractivity contribution in [2.45, 2.75) is 39.2 Å². The molecule has 2 aromatic carbocycles. The molecule has 0 atom stereocenters. The van der Waals surface area contributed by atoms with Gasteiger partial charge < -0.3 is 15.2 Å². The van der Waals surface area contributed by atoms with Crippen LogP contribution in [0.2, 0.25) is 0 Å². The number of urea groups is 1. The molecule has 0 aliphatic carbocycles. The minimum atomic E-state index is -0.266. The number of benzene rings is 2. The Morgan fingerprint density at radius 1 is 0.963 bits per heavy atom. The van der Waals surface area contributed by atoms with Gasteiger partial charge in [0.2, 0.25) is 0 Å². The zero-order valence-electron chi connectivity index (χ0n) is 15.4. The van der Waals surface area contributed by atoms with E-state index in [9.17, 15) is 4.79 Å². The lowest BCUT2D eigenvalue weighted by atomic mass is 10.2. The van der Waals surface area contributed by atoms with Gasteiger partial charge >= 0.3 is 6.03 Å². The van der Waals surface area contributed by atoms with Gasteiger partial charge in [0.1, 0.15) is 5.82 Å². The van der Waals surface area contributed by atoms with Crippen LogP contribution >= 0.6 is 0 Å². The van der Waals surface area contributed by atoms with Crippen LogP contribution in [0.3, 0.4) is 0 Å². The molecule has 1 aliphatic heterocycles. The summed E-state index contributed by atoms with van der Waals surface area (Å²) in [5.41, 5.74) is 3.56. The largest absolute Gasteiger partial charge is 0.323 e. The maximum absolute atomic E-state index is 12.3. The van der Waals surface area contributed by atoms with Gasteiger partial charge in [-0.15, -0.1) is 10.2 Å². The molecule has 3 aromatic rings. The minimum Gasteiger partial charge on any atom is -0.311 e. The van der Waals surface area contributed by atoms with Gasteiger partial charge in [0, 0.05) is 29.9 Å². The number of anilines is 2. The Morgan fingerprint density at radius 3 is 2.56 bits per heavy atom. The van der Waals surface area contributed by atoms with Crippen molar-refractivity contribution in [3.63, 3.8) is 0 Å². The summed E-state index contributed by atoms with van der Waals surface area (Å²) in [6.45, 7) is 2.94. The number of rotatable bonds is 3. The highest BCUT2D eigenvalue weighted by atomic mass is 16.2. The standard InChI is InChI=1S/C21H23N5O/c1-15-7-5-9-17(13-15)22-21(27)23-18-10-6-8-16(14-18)20-25-24-19-11-3-2-4-12-26(19)20/h5-10,13-14H,2-4,11-12H2,1H3,(H2,22,23,27). The third-order valence-corrected chi connectivity index (χ3v) is 4.76. The number of aryl methyl sites for hydroxylation is 2. The molecule has 2 amide bonds. The zero-order valence-corrected chi connectivity index (χ0v) is 15.4. The van der Waals surface area contributed by atoms with Crippen molar-refractivity contribution in [1.82, 2.24) is 14.8 Å². The Kier molecular flexibility index (Phi) is 4.87. The van der Waals surface area contributed by atoms with Crippen molar-refractivity contribution >= 4 is 17.4 Å². The fourth-order valence-corrected chi connectivity index (χ4v) is 3.45. The van der Waals surface area contributed by atoms with Gasteiger partial charge in [0.05, 0.1) is 0 Å². The van der Waals surface area contributed by atoms with Crippen LogP contribution in [0.5, 0.6) is 0 Å². The number of fused-ring (bicyclic) bond motifs is 1. The smallest absolute Gasteiger partial charge is 0.311 e. The van der Waals surface area contributed by atoms with E-state index in [4.69, 9.17) is 0 Å². The van der Waals surface area contributed by atoms with Gasteiger partial charge in [-0.05, 0) is 49.6 Å². The minimum absolute atomic E-state index is 0.266. The molecule has 0 bridgehead atoms. The van der Waals surface area contributed by atoms with E-state index in [0.29, 0.717) is 0 Å². The average Bonchev–Trinajstić information content (AvgIpc) is 2.90. The summed E-state index contributed by atoms with van der Waals surface area (Å²) >= 11 is 0. The third-order valence-electron chi connectivity index (χ3n) is 4.76. The van der Waals surface area contributed by atoms with Crippen LogP contribution in [0.15, 0.2) is 48.5 Å². The lowest BCUT2D eigenvalue weighted by molar-refractivity contribution is 0.262. The number of amides is 2. The highest BCUT2D eigenvalue weighted by Crippen LogP contribution is 2.25. The lowest BCUT2D eigenvalue weighted by Crippen LogP contribution is -2.19. The van der Waals surface area contributed by atoms with Gasteiger partial charge in [-0.2, -0.15) is 0 Å². The first kappa shape index (κ1) is 17.3. The van der Waals surface area contributed by atoms with Crippen LogP contribution in [0.25, 0.3) is 11.4 Å². The Balaban J connectivity index is 1.51. The number of hydrogen-bond acceptors (Lipinski definition) is 3. The summed E-state index contributed by atoms with van der Waals surface area (Å²) in [7, 11) is 0. The molecule has 0 unspecified atom stereocenters. The first-order chi connectivity index (χ1) is 13.2. The van der Waals surface area contributed by atoms with Gasteiger partial charge in [-0.1, -0.05) is 30.7 Å². The number of carbonyl (C=O) groups is 1. The Bertz CT molecular complexity index is 963. The van der Waals surface area contributed by atoms with Crippen LogP contribution < -0.4 is 10.6 Å². The Labute approximate surface area is 158 Å². The summed E-state index contributed by atoms with van der Waals surface area (Å²) in [6.07, 6.45) is 4.51. The highest BCUT2D eigenvalue weighted by Gasteiger charge is 2.16. The molecule has 2 heterocycles. The molecule has 0 spiro atoms. The SMILES string of the molecule is Cc1cccc(NC(=O)Nc2cccc(-c3nnc4n3CCCCC4)c2)c1. The predicted molar refractivity (Wildman–Crippen MR) is 107 cm³/mol. The van der Waals surface area contributed by atoms with Crippen LogP contribution in [0.4, 0.5) is 16.2 Å². The average molecular weight is 361 g/mol. The third kappa shape index (κ3) is 4.00. The second-order valence-corrected chi connectivity index (χ2v) is 6.93. The molecule has 138 valence electrons. The van der Waals surface area contributed by atoms with Gasteiger partial charge in [-0.3, -0.25) is 0 Å². The van der Waals surface area contributed by atoms with Crippen LogP contribution in [-0.2, 0) is 13.0 Å². The van der Waals surface area contributed by atoms with E-state index in [-0.39, 0.29) is 6.03 Å². The van der Waals surface area contributed by atoms with E-state index in [1.807, 2.05) is 55.5 Å². The van der Waals surface area contributed by atoms with E-state index in [1.165, 1.54) is 12.8 Å². The molecule has 0 saturated heterocycles. The molecule has 4 rings (SSSR count). The summed E-state index contributed by atoms with van der Waals surface area (Å²) in [5, 5.41) is 14.5. The molecule has 27 heavy (non-hydrogen) atoms. The van der Waals surface area contributed by atoms with Crippen molar-refractivity contribution in [2.75, 3.05) is 10.6 Å². The number of nitrogens with one attached hydrogen (secondary N) is 2. The first-order valence-electron chi connectivity index (χ1n) is 9.36. The summed E-state index contributed by atoms with van der Waals surface area (Å²) in [5.74, 6) is 1.92. The predicted octanol–water partition coefficient (Wildman–Crippen LogP) is 4.62. The number of carbonyl (C=O) groups excluding carboxylic acids is 1. The molecular formula is C21H23N5O. The molecule has 0 saturated carbocycles. The quantitative estimate of drug-likeness (QED) is 0.715. The normalized spacial score (nSPS) is 13.5. The molecular weight excluding hydrogens is 338 g/mol. The maximum atomic E-state index is 12.3. The summed E-state index contributed by atoms with van der Waals surface area (Å²) < 4.78 is 2.21. The zero-order chi connectivity index (χ0) is 18.6. The van der Waals surface area contributed by atoms with Gasteiger partial charge in [0.15, 0.2) is 5.82 Å². The summed E-state index contributed by atoms with van der Waals surface area (Å²) in [4.78, 5) is 12.3. The fraction of sp³-hybridized carbons (Fsp3) is 0.286. The number of nitrogens with zero attached hydrogens (tertiary/aromatic N) is 3. The van der Waals surface area contributed by atoms with Crippen molar-refractivity contribution in [1.29, 1.82) is 0 Å². The summed E-state index contributed by atoms with van der Waals surface area (Å²) in [6, 6.07) is 15.2. The van der Waals surface area contributed by atoms with Gasteiger partial charge in [0.25, 0.3) is 0 Å². The van der Waals surface area contributed by atoms with Gasteiger partial charge in [-0.25, -0.2) is 4.79 Å². The molecule has 0 radical (unpaired) electrons. The van der Waals surface area contributed by atoms with Crippen LogP contribution in [0.1, 0.15) is 30.7 Å². The molecule has 1 aromatic heterocycles. The van der Waals surface area contributed by atoms with E-state index in [2.05, 4.69) is 25.4 Å². The Morgan fingerprint density at radius 2 is 1.74 bits per heavy atom. The number of aromatic nitrogens is 3. The lowest BCUT2D eigenvalue weighted by Gasteiger charge is -2.10. The maximum Gasteiger partial charge on any atom is 0.323 e. The van der Waals surface area contributed by atoms with Crippen LogP contribution in [0, 0.1) is 6.92 Å². The second-order valence-electron chi connectivity index (χ2n) is 6.93. The molecule has 6 heteroatoms. The van der Waals surface area contributed by atoms with E-state index >= 15 is 0 Å². The Hall–Kier alpha value is -3.15. The molecule has 1 aliphatic rings. The topological polar surface area (TPSA) is 71.8 Å². The van der Waals surface area contributed by atoms with E-state index in [0.717, 1.165) is 53.5 Å². The van der Waals surface area contributed by atoms with E-state index < -0.39 is 0 Å². The monoisotopic (exact) mass is 361 g/mol. The van der Waals surface area contributed by atoms with Crippen molar-refractivity contribution in [2.24, 2.45) is 0 Å². The van der Waals surface area contributed by atoms with Crippen LogP contribution in [-0.4, -0.2) is 20.8 Å². The van der Waals surface area contributed by atoms with Crippen molar-refractivity contribution in [3.8, 4) is 11.4 Å². The van der Waals surface area contributed by atoms with Crippen molar-refractivity contribution in [3.05, 3.63) is 59.9 Å². The van der Waals surface area contributed by atoms with E-state index in [1.54, 1.807) is 0 Å². The second kappa shape index (κ2) is 7.61. The highest BCUT2D eigenvalue weighted by molar-refractivity contribution is 6.00. The molecule has 0 fully saturated rings. The van der Waals surface area contributed by atoms with Crippen molar-refractivity contribution < 1.29 is 4.79 Å². The molecule has 2 N–H and O–H groups in total. The fourth-order valence-electron chi connectivity index (χ4n) is 3.45. The molecule has 6 nitrogen and oxygen atoms in total. The number of hydrogen-bond donors (Lipinski definition) is 2.